The Balaban J connectivity index is 1.65. The van der Waals surface area contributed by atoms with Crippen LogP contribution in [0, 0.1) is 12.7 Å². The maximum absolute atomic E-state index is 13.2. The molecule has 144 valence electrons. The first-order valence-electron chi connectivity index (χ1n) is 8.63. The van der Waals surface area contributed by atoms with Gasteiger partial charge in [0.2, 0.25) is 11.8 Å². The van der Waals surface area contributed by atoms with Crippen LogP contribution in [0.4, 0.5) is 10.1 Å². The smallest absolute Gasteiger partial charge is 0.267 e. The number of H-pyrrole nitrogens is 2. The van der Waals surface area contributed by atoms with Gasteiger partial charge in [0, 0.05) is 29.9 Å². The summed E-state index contributed by atoms with van der Waals surface area (Å²) >= 11 is 0. The molecule has 0 bridgehead atoms. The van der Waals surface area contributed by atoms with Crippen LogP contribution < -0.4 is 10.9 Å². The van der Waals surface area contributed by atoms with Gasteiger partial charge in [0.15, 0.2) is 0 Å². The first-order valence-corrected chi connectivity index (χ1v) is 8.63. The van der Waals surface area contributed by atoms with E-state index < -0.39 is 11.9 Å². The van der Waals surface area contributed by atoms with Crippen LogP contribution >= 0.6 is 0 Å². The molecule has 1 aliphatic rings. The number of hydrogen-bond acceptors (Lipinski definition) is 4. The minimum atomic E-state index is -0.447. The number of carbonyl (C=O) groups excluding carboxylic acids is 2. The van der Waals surface area contributed by atoms with Crippen LogP contribution in [0.1, 0.15) is 17.7 Å². The standard InChI is InChI=1S/C18H21FN4O4/c1-11-15(18(26)22-21-11)9-17(25)23-5-6-27-10-14(23)8-16(24)20-13-4-2-3-12(19)7-13/h2-4,7,14H,5-6,8-10H2,1H3,(H,20,24)(H2,21,22,26). The zero-order valence-electron chi connectivity index (χ0n) is 14.9. The molecule has 1 aromatic carbocycles. The number of benzene rings is 1. The number of amides is 2. The lowest BCUT2D eigenvalue weighted by atomic mass is 10.1. The number of rotatable bonds is 5. The van der Waals surface area contributed by atoms with Gasteiger partial charge in [-0.2, -0.15) is 0 Å². The average Bonchev–Trinajstić information content (AvgIpc) is 2.94. The lowest BCUT2D eigenvalue weighted by Gasteiger charge is -2.35. The number of ether oxygens (including phenoxy) is 1. The third-order valence-electron chi connectivity index (χ3n) is 4.50. The van der Waals surface area contributed by atoms with Crippen molar-refractivity contribution in [1.29, 1.82) is 0 Å². The van der Waals surface area contributed by atoms with Crippen LogP contribution in [0.2, 0.25) is 0 Å². The molecule has 3 rings (SSSR count). The Bertz CT molecular complexity index is 891. The maximum Gasteiger partial charge on any atom is 0.267 e. The van der Waals surface area contributed by atoms with Gasteiger partial charge >= 0.3 is 0 Å². The summed E-state index contributed by atoms with van der Waals surface area (Å²) in [6.45, 7) is 2.66. The van der Waals surface area contributed by atoms with E-state index >= 15 is 0 Å². The Morgan fingerprint density at radius 2 is 2.19 bits per heavy atom. The predicted octanol–water partition coefficient (Wildman–Crippen LogP) is 0.949. The van der Waals surface area contributed by atoms with Crippen molar-refractivity contribution in [2.45, 2.75) is 25.8 Å². The molecule has 2 aromatic rings. The molecule has 3 N–H and O–H groups in total. The second-order valence-electron chi connectivity index (χ2n) is 6.44. The summed E-state index contributed by atoms with van der Waals surface area (Å²) in [5.74, 6) is -1.03. The van der Waals surface area contributed by atoms with Gasteiger partial charge in [0.05, 0.1) is 25.7 Å². The van der Waals surface area contributed by atoms with Crippen molar-refractivity contribution in [1.82, 2.24) is 15.1 Å². The van der Waals surface area contributed by atoms with Crippen LogP contribution in [-0.2, 0) is 20.7 Å². The van der Waals surface area contributed by atoms with E-state index in [4.69, 9.17) is 4.74 Å². The predicted molar refractivity (Wildman–Crippen MR) is 95.8 cm³/mol. The minimum Gasteiger partial charge on any atom is -0.377 e. The fourth-order valence-corrected chi connectivity index (χ4v) is 3.08. The highest BCUT2D eigenvalue weighted by Crippen LogP contribution is 2.15. The molecule has 1 unspecified atom stereocenters. The van der Waals surface area contributed by atoms with Crippen molar-refractivity contribution in [2.75, 3.05) is 25.1 Å². The van der Waals surface area contributed by atoms with Gasteiger partial charge in [0.25, 0.3) is 5.56 Å². The van der Waals surface area contributed by atoms with E-state index in [0.29, 0.717) is 30.1 Å². The molecule has 1 aliphatic heterocycles. The largest absolute Gasteiger partial charge is 0.377 e. The van der Waals surface area contributed by atoms with Gasteiger partial charge in [0.1, 0.15) is 5.82 Å². The molecule has 8 nitrogen and oxygen atoms in total. The summed E-state index contributed by atoms with van der Waals surface area (Å²) in [7, 11) is 0. The van der Waals surface area contributed by atoms with Crippen molar-refractivity contribution < 1.29 is 18.7 Å². The molecule has 1 saturated heterocycles. The number of morpholine rings is 1. The van der Waals surface area contributed by atoms with Crippen molar-refractivity contribution in [3.8, 4) is 0 Å². The van der Waals surface area contributed by atoms with Gasteiger partial charge < -0.3 is 20.1 Å². The zero-order valence-corrected chi connectivity index (χ0v) is 14.9. The zero-order chi connectivity index (χ0) is 19.4. The quantitative estimate of drug-likeness (QED) is 0.722. The Hall–Kier alpha value is -2.94. The first kappa shape index (κ1) is 18.8. The molecule has 0 radical (unpaired) electrons. The van der Waals surface area contributed by atoms with Gasteiger partial charge in [-0.15, -0.1) is 0 Å². The number of aromatic nitrogens is 2. The number of hydrogen-bond donors (Lipinski definition) is 3. The Morgan fingerprint density at radius 3 is 2.89 bits per heavy atom. The van der Waals surface area contributed by atoms with Gasteiger partial charge in [-0.05, 0) is 25.1 Å². The lowest BCUT2D eigenvalue weighted by Crippen LogP contribution is -2.50. The first-order chi connectivity index (χ1) is 12.9. The van der Waals surface area contributed by atoms with Crippen molar-refractivity contribution in [2.24, 2.45) is 0 Å². The third kappa shape index (κ3) is 4.62. The third-order valence-corrected chi connectivity index (χ3v) is 4.50. The molecule has 0 spiro atoms. The van der Waals surface area contributed by atoms with E-state index in [1.807, 2.05) is 0 Å². The average molecular weight is 376 g/mol. The topological polar surface area (TPSA) is 107 Å². The monoisotopic (exact) mass is 376 g/mol. The van der Waals surface area contributed by atoms with Crippen molar-refractivity contribution in [3.63, 3.8) is 0 Å². The Morgan fingerprint density at radius 1 is 1.37 bits per heavy atom. The van der Waals surface area contributed by atoms with E-state index in [-0.39, 0.29) is 36.8 Å². The molecule has 1 fully saturated rings. The molecule has 27 heavy (non-hydrogen) atoms. The molecule has 0 aliphatic carbocycles. The number of nitrogens with zero attached hydrogens (tertiary/aromatic N) is 1. The fraction of sp³-hybridized carbons (Fsp3) is 0.389. The summed E-state index contributed by atoms with van der Waals surface area (Å²) < 4.78 is 18.6. The number of aryl methyl sites for hydroxylation is 1. The summed E-state index contributed by atoms with van der Waals surface area (Å²) in [5, 5.41) is 7.76. The molecular weight excluding hydrogens is 355 g/mol. The molecule has 2 heterocycles. The normalized spacial score (nSPS) is 17.0. The number of aromatic amines is 2. The molecule has 9 heteroatoms. The number of anilines is 1. The minimum absolute atomic E-state index is 0.0186. The summed E-state index contributed by atoms with van der Waals surface area (Å²) in [6.07, 6.45) is -0.0303. The molecule has 1 aromatic heterocycles. The fourth-order valence-electron chi connectivity index (χ4n) is 3.08. The van der Waals surface area contributed by atoms with Gasteiger partial charge in [-0.3, -0.25) is 19.5 Å². The van der Waals surface area contributed by atoms with Crippen molar-refractivity contribution >= 4 is 17.5 Å². The van der Waals surface area contributed by atoms with Crippen LogP contribution in [0.15, 0.2) is 29.1 Å². The second kappa shape index (κ2) is 8.17. The molecular formula is C18H21FN4O4. The summed E-state index contributed by atoms with van der Waals surface area (Å²) in [5.41, 5.74) is 1.02. The maximum atomic E-state index is 13.2. The van der Waals surface area contributed by atoms with Crippen LogP contribution in [0.3, 0.4) is 0 Å². The van der Waals surface area contributed by atoms with E-state index in [1.165, 1.54) is 18.2 Å². The highest BCUT2D eigenvalue weighted by molar-refractivity contribution is 5.91. The van der Waals surface area contributed by atoms with Crippen LogP contribution in [0.5, 0.6) is 0 Å². The van der Waals surface area contributed by atoms with Crippen molar-refractivity contribution in [3.05, 3.63) is 51.7 Å². The van der Waals surface area contributed by atoms with Crippen LogP contribution in [-0.4, -0.2) is 52.7 Å². The molecule has 0 saturated carbocycles. The Labute approximate surface area is 154 Å². The SMILES string of the molecule is Cc1[nH][nH]c(=O)c1CC(=O)N1CCOCC1CC(=O)Nc1cccc(F)c1. The summed E-state index contributed by atoms with van der Waals surface area (Å²) in [4.78, 5) is 38.3. The molecule has 2 amide bonds. The van der Waals surface area contributed by atoms with E-state index in [1.54, 1.807) is 17.9 Å². The number of nitrogens with one attached hydrogen (secondary N) is 3. The van der Waals surface area contributed by atoms with Gasteiger partial charge in [-0.25, -0.2) is 4.39 Å². The van der Waals surface area contributed by atoms with E-state index in [0.717, 1.165) is 0 Å². The van der Waals surface area contributed by atoms with Crippen LogP contribution in [0.25, 0.3) is 0 Å². The van der Waals surface area contributed by atoms with Gasteiger partial charge in [-0.1, -0.05) is 6.07 Å². The number of halogens is 1. The highest BCUT2D eigenvalue weighted by Gasteiger charge is 2.30. The highest BCUT2D eigenvalue weighted by atomic mass is 19.1. The number of carbonyl (C=O) groups is 2. The second-order valence-corrected chi connectivity index (χ2v) is 6.44. The van der Waals surface area contributed by atoms with E-state index in [9.17, 15) is 18.8 Å². The summed E-state index contributed by atoms with van der Waals surface area (Å²) in [6, 6.07) is 5.15. The lowest BCUT2D eigenvalue weighted by molar-refractivity contribution is -0.140. The molecule has 1 atom stereocenters. The van der Waals surface area contributed by atoms with E-state index in [2.05, 4.69) is 15.5 Å². The Kier molecular flexibility index (Phi) is 5.70.